The minimum absolute atomic E-state index is 0.242. The Hall–Kier alpha value is -3.24. The van der Waals surface area contributed by atoms with Crippen molar-refractivity contribution < 1.29 is 13.9 Å². The van der Waals surface area contributed by atoms with Crippen molar-refractivity contribution in [2.24, 2.45) is 0 Å². The number of thiazole rings is 1. The first-order chi connectivity index (χ1) is 12.2. The second kappa shape index (κ2) is 7.55. The number of para-hydroxylation sites is 1. The minimum atomic E-state index is -0.395. The van der Waals surface area contributed by atoms with Crippen LogP contribution in [-0.2, 0) is 4.79 Å². The van der Waals surface area contributed by atoms with E-state index in [0.29, 0.717) is 27.7 Å². The number of nitriles is 1. The van der Waals surface area contributed by atoms with Crippen molar-refractivity contribution in [3.8, 4) is 23.1 Å². The van der Waals surface area contributed by atoms with Crippen LogP contribution in [0.3, 0.4) is 0 Å². The van der Waals surface area contributed by atoms with Crippen LogP contribution in [-0.4, -0.2) is 17.5 Å². The lowest BCUT2D eigenvalue weighted by molar-refractivity contribution is -0.118. The molecule has 1 aromatic heterocycles. The summed E-state index contributed by atoms with van der Waals surface area (Å²) in [6.07, 6.45) is 0. The molecule has 1 heterocycles. The third kappa shape index (κ3) is 4.19. The number of anilines is 1. The van der Waals surface area contributed by atoms with Crippen molar-refractivity contribution in [2.75, 3.05) is 11.9 Å². The molecule has 124 valence electrons. The van der Waals surface area contributed by atoms with Crippen LogP contribution >= 0.6 is 11.3 Å². The molecule has 0 aliphatic rings. The molecular formula is C18H12FN3O2S. The number of rotatable bonds is 5. The summed E-state index contributed by atoms with van der Waals surface area (Å²) < 4.78 is 18.6. The number of halogens is 1. The van der Waals surface area contributed by atoms with Crippen molar-refractivity contribution in [2.45, 2.75) is 0 Å². The smallest absolute Gasteiger partial charge is 0.264 e. The lowest BCUT2D eigenvalue weighted by Gasteiger charge is -2.06. The molecule has 0 atom stereocenters. The summed E-state index contributed by atoms with van der Waals surface area (Å²) in [6, 6.07) is 14.7. The number of carbonyl (C=O) groups excluding carboxylic acids is 1. The molecule has 0 spiro atoms. The van der Waals surface area contributed by atoms with E-state index in [4.69, 9.17) is 10.00 Å². The Kier molecular flexibility index (Phi) is 5.02. The SMILES string of the molecule is N#Cc1ccccc1OCC(=O)Nc1nc(-c2cccc(F)c2)cs1. The van der Waals surface area contributed by atoms with Gasteiger partial charge in [-0.2, -0.15) is 5.26 Å². The molecule has 0 bridgehead atoms. The minimum Gasteiger partial charge on any atom is -0.482 e. The van der Waals surface area contributed by atoms with Crippen LogP contribution in [0.5, 0.6) is 5.75 Å². The molecule has 1 N–H and O–H groups in total. The van der Waals surface area contributed by atoms with E-state index in [1.807, 2.05) is 6.07 Å². The predicted molar refractivity (Wildman–Crippen MR) is 92.8 cm³/mol. The van der Waals surface area contributed by atoms with Crippen molar-refractivity contribution in [1.29, 1.82) is 5.26 Å². The third-order valence-corrected chi connectivity index (χ3v) is 3.99. The van der Waals surface area contributed by atoms with Gasteiger partial charge in [0.2, 0.25) is 0 Å². The van der Waals surface area contributed by atoms with E-state index in [0.717, 1.165) is 0 Å². The van der Waals surface area contributed by atoms with E-state index in [2.05, 4.69) is 10.3 Å². The second-order valence-corrected chi connectivity index (χ2v) is 5.85. The van der Waals surface area contributed by atoms with Crippen LogP contribution < -0.4 is 10.1 Å². The third-order valence-electron chi connectivity index (χ3n) is 3.24. The summed E-state index contributed by atoms with van der Waals surface area (Å²) in [5.74, 6) is -0.395. The van der Waals surface area contributed by atoms with Gasteiger partial charge in [0.1, 0.15) is 17.6 Å². The van der Waals surface area contributed by atoms with Crippen LogP contribution in [0.4, 0.5) is 9.52 Å². The van der Waals surface area contributed by atoms with Gasteiger partial charge in [0.25, 0.3) is 5.91 Å². The number of hydrogen-bond donors (Lipinski definition) is 1. The van der Waals surface area contributed by atoms with Gasteiger partial charge < -0.3 is 4.74 Å². The largest absolute Gasteiger partial charge is 0.482 e. The molecule has 25 heavy (non-hydrogen) atoms. The number of benzene rings is 2. The van der Waals surface area contributed by atoms with Gasteiger partial charge in [-0.25, -0.2) is 9.37 Å². The van der Waals surface area contributed by atoms with E-state index in [-0.39, 0.29) is 12.4 Å². The quantitative estimate of drug-likeness (QED) is 0.756. The zero-order valence-electron chi connectivity index (χ0n) is 12.9. The van der Waals surface area contributed by atoms with E-state index >= 15 is 0 Å². The predicted octanol–water partition coefficient (Wildman–Crippen LogP) is 3.84. The maximum Gasteiger partial charge on any atom is 0.264 e. The topological polar surface area (TPSA) is 75.0 Å². The molecule has 3 rings (SSSR count). The van der Waals surface area contributed by atoms with E-state index in [9.17, 15) is 9.18 Å². The normalized spacial score (nSPS) is 10.1. The Morgan fingerprint density at radius 2 is 2.12 bits per heavy atom. The molecule has 0 saturated carbocycles. The van der Waals surface area contributed by atoms with Crippen molar-refractivity contribution in [3.63, 3.8) is 0 Å². The summed E-state index contributed by atoms with van der Waals surface area (Å²) >= 11 is 1.23. The van der Waals surface area contributed by atoms with Crippen LogP contribution in [0.1, 0.15) is 5.56 Å². The van der Waals surface area contributed by atoms with Crippen LogP contribution in [0.2, 0.25) is 0 Å². The van der Waals surface area contributed by atoms with Crippen LogP contribution in [0, 0.1) is 17.1 Å². The second-order valence-electron chi connectivity index (χ2n) is 4.99. The molecule has 3 aromatic rings. The highest BCUT2D eigenvalue weighted by molar-refractivity contribution is 7.14. The number of ether oxygens (including phenoxy) is 1. The summed E-state index contributed by atoms with van der Waals surface area (Å²) in [7, 11) is 0. The van der Waals surface area contributed by atoms with Gasteiger partial charge in [-0.15, -0.1) is 11.3 Å². The fourth-order valence-electron chi connectivity index (χ4n) is 2.10. The lowest BCUT2D eigenvalue weighted by atomic mass is 10.2. The zero-order chi connectivity index (χ0) is 17.6. The lowest BCUT2D eigenvalue weighted by Crippen LogP contribution is -2.20. The molecule has 5 nitrogen and oxygen atoms in total. The highest BCUT2D eigenvalue weighted by atomic mass is 32.1. The summed E-state index contributed by atoms with van der Waals surface area (Å²) in [6.45, 7) is -0.242. The first-order valence-electron chi connectivity index (χ1n) is 7.29. The van der Waals surface area contributed by atoms with Crippen molar-refractivity contribution in [3.05, 3.63) is 65.3 Å². The molecular weight excluding hydrogens is 341 g/mol. The average Bonchev–Trinajstić information content (AvgIpc) is 3.08. The van der Waals surface area contributed by atoms with Gasteiger partial charge >= 0.3 is 0 Å². The van der Waals surface area contributed by atoms with Crippen molar-refractivity contribution in [1.82, 2.24) is 4.98 Å². The van der Waals surface area contributed by atoms with Gasteiger partial charge in [0.05, 0.1) is 11.3 Å². The highest BCUT2D eigenvalue weighted by Crippen LogP contribution is 2.25. The summed E-state index contributed by atoms with van der Waals surface area (Å²) in [5, 5.41) is 13.7. The monoisotopic (exact) mass is 353 g/mol. The fraction of sp³-hybridized carbons (Fsp3) is 0.0556. The fourth-order valence-corrected chi connectivity index (χ4v) is 2.83. The van der Waals surface area contributed by atoms with Crippen LogP contribution in [0.15, 0.2) is 53.9 Å². The van der Waals surface area contributed by atoms with E-state index < -0.39 is 5.91 Å². The molecule has 0 radical (unpaired) electrons. The number of nitrogens with zero attached hydrogens (tertiary/aromatic N) is 2. The summed E-state index contributed by atoms with van der Waals surface area (Å²) in [4.78, 5) is 16.2. The Labute approximate surface area is 147 Å². The molecule has 2 aromatic carbocycles. The Morgan fingerprint density at radius 1 is 1.28 bits per heavy atom. The molecule has 0 unspecified atom stereocenters. The van der Waals surface area contributed by atoms with Gasteiger partial charge in [0.15, 0.2) is 11.7 Å². The molecule has 0 aliphatic heterocycles. The van der Waals surface area contributed by atoms with E-state index in [1.54, 1.807) is 41.8 Å². The molecule has 0 fully saturated rings. The maximum atomic E-state index is 13.3. The van der Waals surface area contributed by atoms with Gasteiger partial charge in [0, 0.05) is 10.9 Å². The van der Waals surface area contributed by atoms with Crippen molar-refractivity contribution >= 4 is 22.4 Å². The van der Waals surface area contributed by atoms with Crippen LogP contribution in [0.25, 0.3) is 11.3 Å². The first kappa shape index (κ1) is 16.6. The molecule has 0 aliphatic carbocycles. The highest BCUT2D eigenvalue weighted by Gasteiger charge is 2.10. The molecule has 7 heteroatoms. The number of hydrogen-bond acceptors (Lipinski definition) is 5. The molecule has 1 amide bonds. The number of amides is 1. The number of carbonyl (C=O) groups is 1. The van der Waals surface area contributed by atoms with Gasteiger partial charge in [-0.05, 0) is 24.3 Å². The number of aromatic nitrogens is 1. The average molecular weight is 353 g/mol. The Balaban J connectivity index is 1.61. The first-order valence-corrected chi connectivity index (χ1v) is 8.17. The van der Waals surface area contributed by atoms with E-state index in [1.165, 1.54) is 23.5 Å². The summed E-state index contributed by atoms with van der Waals surface area (Å²) in [5.41, 5.74) is 1.57. The zero-order valence-corrected chi connectivity index (χ0v) is 13.7. The Bertz CT molecular complexity index is 949. The molecule has 0 saturated heterocycles. The number of nitrogens with one attached hydrogen (secondary N) is 1. The van der Waals surface area contributed by atoms with Gasteiger partial charge in [-0.3, -0.25) is 10.1 Å². The van der Waals surface area contributed by atoms with Gasteiger partial charge in [-0.1, -0.05) is 24.3 Å². The standard InChI is InChI=1S/C18H12FN3O2S/c19-14-6-3-5-12(8-14)15-11-25-18(21-15)22-17(23)10-24-16-7-2-1-4-13(16)9-20/h1-8,11H,10H2,(H,21,22,23). The maximum absolute atomic E-state index is 13.3. The Morgan fingerprint density at radius 3 is 2.92 bits per heavy atom.